The molecule has 3 aromatic rings. The van der Waals surface area contributed by atoms with Gasteiger partial charge in [-0.25, -0.2) is 9.59 Å². The van der Waals surface area contributed by atoms with Crippen LogP contribution in [-0.4, -0.2) is 59.8 Å². The van der Waals surface area contributed by atoms with Gasteiger partial charge in [-0.1, -0.05) is 18.2 Å². The van der Waals surface area contributed by atoms with Gasteiger partial charge in [0.2, 0.25) is 6.10 Å². The number of hydrogen-bond acceptors (Lipinski definition) is 10. The van der Waals surface area contributed by atoms with E-state index in [4.69, 9.17) is 9.47 Å². The molecular weight excluding hydrogens is 516 g/mol. The summed E-state index contributed by atoms with van der Waals surface area (Å²) in [5, 5.41) is 68.2. The summed E-state index contributed by atoms with van der Waals surface area (Å²) in [6, 6.07) is 9.83. The minimum atomic E-state index is -1.64. The van der Waals surface area contributed by atoms with Crippen LogP contribution < -0.4 is 4.74 Å². The number of carboxylic acid groups (broad SMARTS) is 2. The lowest BCUT2D eigenvalue weighted by molar-refractivity contribution is -0.160. The average Bonchev–Trinajstić information content (AvgIpc) is 3.29. The number of carboxylic acids is 2. The van der Waals surface area contributed by atoms with Crippen LogP contribution in [-0.2, 0) is 25.5 Å². The molecule has 3 aromatic carbocycles. The first-order valence-electron chi connectivity index (χ1n) is 11.4. The van der Waals surface area contributed by atoms with E-state index in [9.17, 15) is 50.1 Å². The first-order valence-corrected chi connectivity index (χ1v) is 11.4. The van der Waals surface area contributed by atoms with Crippen molar-refractivity contribution in [3.63, 3.8) is 0 Å². The Morgan fingerprint density at radius 3 is 2.10 bits per heavy atom. The maximum absolute atomic E-state index is 12.5. The van der Waals surface area contributed by atoms with E-state index in [1.54, 1.807) is 0 Å². The maximum atomic E-state index is 12.5. The van der Waals surface area contributed by atoms with Crippen molar-refractivity contribution in [2.75, 3.05) is 0 Å². The summed E-state index contributed by atoms with van der Waals surface area (Å²) in [4.78, 5) is 36.4. The molecular formula is C27H22O12. The molecule has 1 heterocycles. The van der Waals surface area contributed by atoms with Crippen LogP contribution in [0.3, 0.4) is 0 Å². The van der Waals surface area contributed by atoms with Gasteiger partial charge in [-0.05, 0) is 53.1 Å². The molecule has 3 atom stereocenters. The average molecular weight is 538 g/mol. The Morgan fingerprint density at radius 2 is 1.49 bits per heavy atom. The molecule has 0 spiro atoms. The van der Waals surface area contributed by atoms with Crippen molar-refractivity contribution in [1.29, 1.82) is 0 Å². The number of phenolic OH excluding ortho intramolecular Hbond substituents is 5. The van der Waals surface area contributed by atoms with Crippen molar-refractivity contribution in [1.82, 2.24) is 0 Å². The molecule has 0 fully saturated rings. The van der Waals surface area contributed by atoms with Crippen molar-refractivity contribution >= 4 is 24.0 Å². The zero-order valence-electron chi connectivity index (χ0n) is 19.9. The van der Waals surface area contributed by atoms with Crippen LogP contribution in [0.1, 0.15) is 34.3 Å². The van der Waals surface area contributed by atoms with Gasteiger partial charge < -0.3 is 45.2 Å². The van der Waals surface area contributed by atoms with E-state index in [1.165, 1.54) is 30.3 Å². The molecule has 202 valence electrons. The van der Waals surface area contributed by atoms with Crippen molar-refractivity contribution in [3.05, 3.63) is 76.9 Å². The van der Waals surface area contributed by atoms with Crippen LogP contribution in [0.5, 0.6) is 34.5 Å². The van der Waals surface area contributed by atoms with Gasteiger partial charge >= 0.3 is 17.9 Å². The largest absolute Gasteiger partial charge is 0.504 e. The fourth-order valence-electron chi connectivity index (χ4n) is 4.20. The lowest BCUT2D eigenvalue weighted by atomic mass is 9.88. The molecule has 12 heteroatoms. The fraction of sp³-hybridized carbons (Fsp3) is 0.148. The number of aromatic hydroxyl groups is 5. The number of rotatable bonds is 8. The minimum absolute atomic E-state index is 0.0264. The number of carbonyl (C=O) groups excluding carboxylic acids is 1. The lowest BCUT2D eigenvalue weighted by Gasteiger charge is -2.17. The Kier molecular flexibility index (Phi) is 7.20. The zero-order valence-corrected chi connectivity index (χ0v) is 19.9. The third kappa shape index (κ3) is 5.49. The molecule has 39 heavy (non-hydrogen) atoms. The smallest absolute Gasteiger partial charge is 0.345 e. The number of hydrogen-bond donors (Lipinski definition) is 7. The number of benzene rings is 3. The van der Waals surface area contributed by atoms with E-state index in [0.29, 0.717) is 0 Å². The van der Waals surface area contributed by atoms with Gasteiger partial charge in [0.15, 0.2) is 34.5 Å². The second-order valence-electron chi connectivity index (χ2n) is 8.64. The minimum Gasteiger partial charge on any atom is -0.504 e. The fourth-order valence-corrected chi connectivity index (χ4v) is 4.20. The Labute approximate surface area is 219 Å². The molecule has 0 amide bonds. The standard InChI is InChI=1S/C27H22O12/c28-15-5-1-12(9-18(15)31)10-20(26(34)35)38-21(33)8-4-13-2-7-17(30)25-22(13)23(27(36)37)24(39-25)14-3-6-16(29)19(32)11-14/h1-9,11,20,23-24,28-32H,10H2,(H,34,35)(H,36,37)/b8-4+/t20-,23+,24-/m1/s1. The quantitative estimate of drug-likeness (QED) is 0.125. The van der Waals surface area contributed by atoms with Gasteiger partial charge in [-0.2, -0.15) is 0 Å². The van der Waals surface area contributed by atoms with Crippen molar-refractivity contribution in [2.24, 2.45) is 0 Å². The van der Waals surface area contributed by atoms with Crippen molar-refractivity contribution in [3.8, 4) is 34.5 Å². The molecule has 0 saturated heterocycles. The van der Waals surface area contributed by atoms with E-state index in [2.05, 4.69) is 0 Å². The van der Waals surface area contributed by atoms with Gasteiger partial charge in [0, 0.05) is 18.1 Å². The molecule has 0 aromatic heterocycles. The Bertz CT molecular complexity index is 1490. The molecule has 0 saturated carbocycles. The van der Waals surface area contributed by atoms with Crippen molar-refractivity contribution in [2.45, 2.75) is 24.5 Å². The third-order valence-corrected chi connectivity index (χ3v) is 6.06. The highest BCUT2D eigenvalue weighted by Gasteiger charge is 2.43. The van der Waals surface area contributed by atoms with Crippen LogP contribution in [0.25, 0.3) is 6.08 Å². The highest BCUT2D eigenvalue weighted by atomic mass is 16.6. The number of aliphatic carboxylic acids is 2. The second kappa shape index (κ2) is 10.5. The summed E-state index contributed by atoms with van der Waals surface area (Å²) in [5.41, 5.74) is 0.664. The SMILES string of the molecule is O=C(/C=C/c1ccc(O)c2c1[C@H](C(=O)O)[C@@H](c1ccc(O)c(O)c1)O2)O[C@H](Cc1ccc(O)c(O)c1)C(=O)O. The van der Waals surface area contributed by atoms with Gasteiger partial charge in [-0.3, -0.25) is 4.79 Å². The number of phenols is 5. The molecule has 4 rings (SSSR count). The van der Waals surface area contributed by atoms with Gasteiger partial charge in [0.05, 0.1) is 0 Å². The van der Waals surface area contributed by atoms with Gasteiger partial charge in [-0.15, -0.1) is 0 Å². The topological polar surface area (TPSA) is 211 Å². The molecule has 0 aliphatic carbocycles. The normalized spacial score (nSPS) is 16.8. The number of fused-ring (bicyclic) bond motifs is 1. The van der Waals surface area contributed by atoms with Crippen LogP contribution in [0.15, 0.2) is 54.6 Å². The van der Waals surface area contributed by atoms with Gasteiger partial charge in [0.25, 0.3) is 0 Å². The monoisotopic (exact) mass is 538 g/mol. The Hall–Kier alpha value is -5.39. The predicted molar refractivity (Wildman–Crippen MR) is 132 cm³/mol. The summed E-state index contributed by atoms with van der Waals surface area (Å²) >= 11 is 0. The zero-order chi connectivity index (χ0) is 28.4. The summed E-state index contributed by atoms with van der Waals surface area (Å²) in [5.74, 6) is -7.59. The Balaban J connectivity index is 1.59. The maximum Gasteiger partial charge on any atom is 0.345 e. The Morgan fingerprint density at radius 1 is 0.846 bits per heavy atom. The molecule has 0 unspecified atom stereocenters. The van der Waals surface area contributed by atoms with E-state index < -0.39 is 59.0 Å². The molecule has 12 nitrogen and oxygen atoms in total. The third-order valence-electron chi connectivity index (χ3n) is 6.06. The molecule has 0 radical (unpaired) electrons. The van der Waals surface area contributed by atoms with E-state index >= 15 is 0 Å². The highest BCUT2D eigenvalue weighted by molar-refractivity contribution is 5.91. The summed E-state index contributed by atoms with van der Waals surface area (Å²) in [6.45, 7) is 0. The number of esters is 1. The number of carbonyl (C=O) groups is 3. The predicted octanol–water partition coefficient (Wildman–Crippen LogP) is 2.77. The molecule has 7 N–H and O–H groups in total. The first kappa shape index (κ1) is 26.7. The van der Waals surface area contributed by atoms with E-state index in [1.807, 2.05) is 0 Å². The highest BCUT2D eigenvalue weighted by Crippen LogP contribution is 2.52. The van der Waals surface area contributed by atoms with Gasteiger partial charge in [0.1, 0.15) is 12.0 Å². The summed E-state index contributed by atoms with van der Waals surface area (Å²) in [7, 11) is 0. The molecule has 1 aliphatic heterocycles. The summed E-state index contributed by atoms with van der Waals surface area (Å²) in [6.07, 6.45) is -1.09. The molecule has 0 bridgehead atoms. The number of ether oxygens (including phenoxy) is 2. The van der Waals surface area contributed by atoms with Crippen molar-refractivity contribution < 1.29 is 59.6 Å². The second-order valence-corrected chi connectivity index (χ2v) is 8.64. The summed E-state index contributed by atoms with van der Waals surface area (Å²) < 4.78 is 10.8. The first-order chi connectivity index (χ1) is 18.5. The van der Waals surface area contributed by atoms with E-state index in [-0.39, 0.29) is 40.2 Å². The lowest BCUT2D eigenvalue weighted by Crippen LogP contribution is -2.28. The van der Waals surface area contributed by atoms with Crippen LogP contribution in [0.2, 0.25) is 0 Å². The van der Waals surface area contributed by atoms with Crippen LogP contribution >= 0.6 is 0 Å². The van der Waals surface area contributed by atoms with Crippen LogP contribution in [0, 0.1) is 0 Å². The van der Waals surface area contributed by atoms with Crippen LogP contribution in [0.4, 0.5) is 0 Å². The molecule has 1 aliphatic rings. The van der Waals surface area contributed by atoms with E-state index in [0.717, 1.165) is 30.3 Å².